The average molecular weight is 611 g/mol. The number of amides is 4. The smallest absolute Gasteiger partial charge is 0.329 e. The lowest BCUT2D eigenvalue weighted by atomic mass is 10.0. The van der Waals surface area contributed by atoms with Gasteiger partial charge in [0.1, 0.15) is 18.2 Å². The average Bonchev–Trinajstić information content (AvgIpc) is 3.57. The van der Waals surface area contributed by atoms with E-state index >= 15 is 0 Å². The molecule has 5 unspecified atom stereocenters. The number of guanidine groups is 1. The third kappa shape index (κ3) is 10.6. The molecule has 0 saturated carbocycles. The van der Waals surface area contributed by atoms with Crippen molar-refractivity contribution in [1.29, 1.82) is 5.41 Å². The first-order valence-corrected chi connectivity index (χ1v) is 14.0. The number of aliphatic imine (C=N–C) groups is 1. The van der Waals surface area contributed by atoms with Gasteiger partial charge in [0.2, 0.25) is 23.6 Å². The van der Waals surface area contributed by atoms with Gasteiger partial charge in [-0.15, -0.1) is 0 Å². The molecule has 0 bridgehead atoms. The van der Waals surface area contributed by atoms with Crippen molar-refractivity contribution in [2.24, 2.45) is 16.5 Å². The Morgan fingerprint density at radius 3 is 2.43 bits per heavy atom. The van der Waals surface area contributed by atoms with Crippen LogP contribution in [0.1, 0.15) is 39.5 Å². The number of aliphatic hydroxyl groups excluding tert-OH is 2. The monoisotopic (exact) mass is 610 g/mol. The maximum atomic E-state index is 12.9. The lowest BCUT2D eigenvalue weighted by Gasteiger charge is -2.23. The Kier molecular flexibility index (Phi) is 13.1. The number of thioether (sulfide) groups is 1. The molecule has 5 atom stereocenters. The fourth-order valence-corrected chi connectivity index (χ4v) is 5.04. The molecule has 0 aromatic rings. The van der Waals surface area contributed by atoms with Crippen molar-refractivity contribution in [2.75, 3.05) is 19.6 Å². The summed E-state index contributed by atoms with van der Waals surface area (Å²) in [6, 6.07) is -3.97. The van der Waals surface area contributed by atoms with Crippen molar-refractivity contribution in [3.63, 3.8) is 0 Å². The highest BCUT2D eigenvalue weighted by atomic mass is 32.2. The number of aliphatic carboxylic acids is 1. The quantitative estimate of drug-likeness (QED) is 0.0427. The number of nitrogens with zero attached hydrogens (tertiary/aromatic N) is 2. The van der Waals surface area contributed by atoms with E-state index < -0.39 is 59.9 Å². The number of allylic oxidation sites excluding steroid dienone is 1. The van der Waals surface area contributed by atoms with E-state index in [2.05, 4.69) is 20.9 Å². The molecule has 0 radical (unpaired) electrons. The van der Waals surface area contributed by atoms with E-state index in [0.29, 0.717) is 18.1 Å². The van der Waals surface area contributed by atoms with Crippen LogP contribution in [0.4, 0.5) is 0 Å². The number of carboxylic acid groups (broad SMARTS) is 1. The Labute approximate surface area is 246 Å². The van der Waals surface area contributed by atoms with E-state index in [4.69, 9.17) is 16.9 Å². The first-order valence-electron chi connectivity index (χ1n) is 13.1. The number of carboxylic acids is 1. The highest BCUT2D eigenvalue weighted by molar-refractivity contribution is 8.17. The molecule has 2 rings (SSSR count). The lowest BCUT2D eigenvalue weighted by Crippen LogP contribution is -2.54. The third-order valence-electron chi connectivity index (χ3n) is 6.32. The molecule has 17 heteroatoms. The number of aliphatic hydroxyl groups is 2. The van der Waals surface area contributed by atoms with Crippen molar-refractivity contribution in [1.82, 2.24) is 20.9 Å². The van der Waals surface area contributed by atoms with Crippen molar-refractivity contribution < 1.29 is 39.3 Å². The highest BCUT2D eigenvalue weighted by Gasteiger charge is 2.33. The minimum atomic E-state index is -1.64. The molecule has 2 aliphatic rings. The predicted molar refractivity (Wildman–Crippen MR) is 154 cm³/mol. The lowest BCUT2D eigenvalue weighted by molar-refractivity contribution is -0.144. The summed E-state index contributed by atoms with van der Waals surface area (Å²) in [5.74, 6) is -4.00. The van der Waals surface area contributed by atoms with Gasteiger partial charge in [-0.2, -0.15) is 0 Å². The minimum Gasteiger partial charge on any atom is -0.480 e. The topological polar surface area (TPSA) is 274 Å². The van der Waals surface area contributed by atoms with Crippen molar-refractivity contribution in [3.05, 3.63) is 22.6 Å². The van der Waals surface area contributed by atoms with Gasteiger partial charge in [-0.25, -0.2) is 9.79 Å². The third-order valence-corrected chi connectivity index (χ3v) is 7.46. The largest absolute Gasteiger partial charge is 0.480 e. The van der Waals surface area contributed by atoms with Crippen LogP contribution in [-0.4, -0.2) is 111 Å². The van der Waals surface area contributed by atoms with Gasteiger partial charge < -0.3 is 47.6 Å². The molecule has 0 fully saturated rings. The SMILES string of the molecule is CC(=O)N=C1CC=C(C(O)C(NC(=O)CCCNC(=O)C(CC2=CCN(C(=N)N)C2)NC(=O)C(N)C(C)O)C(=O)O)S1. The Bertz CT molecular complexity index is 1170. The number of carbonyl (C=O) groups excluding carboxylic acids is 4. The van der Waals surface area contributed by atoms with E-state index in [1.807, 2.05) is 0 Å². The maximum absolute atomic E-state index is 12.9. The number of carbonyl (C=O) groups is 5. The molecule has 0 aromatic heterocycles. The minimum absolute atomic E-state index is 0.00582. The summed E-state index contributed by atoms with van der Waals surface area (Å²) < 4.78 is 0. The van der Waals surface area contributed by atoms with Gasteiger partial charge >= 0.3 is 5.97 Å². The number of rotatable bonds is 14. The summed E-state index contributed by atoms with van der Waals surface area (Å²) in [5, 5.41) is 45.1. The highest BCUT2D eigenvalue weighted by Crippen LogP contribution is 2.32. The summed E-state index contributed by atoms with van der Waals surface area (Å²) in [5.41, 5.74) is 12.0. The van der Waals surface area contributed by atoms with Gasteiger partial charge in [0.25, 0.3) is 0 Å². The summed E-state index contributed by atoms with van der Waals surface area (Å²) >= 11 is 0.970. The Hall–Kier alpha value is -3.80. The zero-order chi connectivity index (χ0) is 31.6. The Morgan fingerprint density at radius 1 is 1.17 bits per heavy atom. The van der Waals surface area contributed by atoms with Crippen LogP contribution >= 0.6 is 11.8 Å². The summed E-state index contributed by atoms with van der Waals surface area (Å²) in [4.78, 5) is 66.3. The summed E-state index contributed by atoms with van der Waals surface area (Å²) in [7, 11) is 0. The number of nitrogens with one attached hydrogen (secondary N) is 4. The fraction of sp³-hybridized carbons (Fsp3) is 0.560. The molecule has 2 heterocycles. The van der Waals surface area contributed by atoms with Crippen LogP contribution in [0.3, 0.4) is 0 Å². The van der Waals surface area contributed by atoms with Crippen LogP contribution in [0.2, 0.25) is 0 Å². The molecule has 0 saturated heterocycles. The molecule has 0 spiro atoms. The van der Waals surface area contributed by atoms with Crippen LogP contribution in [0, 0.1) is 5.41 Å². The Balaban J connectivity index is 1.90. The maximum Gasteiger partial charge on any atom is 0.329 e. The second kappa shape index (κ2) is 16.0. The van der Waals surface area contributed by atoms with E-state index in [1.165, 1.54) is 19.9 Å². The molecule has 232 valence electrons. The van der Waals surface area contributed by atoms with E-state index in [9.17, 15) is 39.3 Å². The van der Waals surface area contributed by atoms with Gasteiger partial charge in [-0.3, -0.25) is 24.6 Å². The molecular formula is C25H38N8O8S. The molecule has 0 aliphatic carbocycles. The molecule has 11 N–H and O–H groups in total. The van der Waals surface area contributed by atoms with Crippen LogP contribution in [-0.2, 0) is 24.0 Å². The number of hydrogen-bond acceptors (Lipinski definition) is 10. The van der Waals surface area contributed by atoms with Crippen LogP contribution in [0.25, 0.3) is 0 Å². The molecule has 4 amide bonds. The van der Waals surface area contributed by atoms with Gasteiger partial charge in [0, 0.05) is 44.3 Å². The first kappa shape index (κ1) is 34.4. The molecule has 0 aromatic carbocycles. The van der Waals surface area contributed by atoms with Gasteiger partial charge in [-0.1, -0.05) is 29.5 Å². The van der Waals surface area contributed by atoms with Crippen molar-refractivity contribution in [3.8, 4) is 0 Å². The number of nitrogens with two attached hydrogens (primary N) is 2. The number of hydrogen-bond donors (Lipinski definition) is 9. The fourth-order valence-electron chi connectivity index (χ4n) is 4.01. The second-order valence-corrected chi connectivity index (χ2v) is 11.0. The summed E-state index contributed by atoms with van der Waals surface area (Å²) in [6.45, 7) is 3.29. The van der Waals surface area contributed by atoms with Crippen LogP contribution in [0.5, 0.6) is 0 Å². The second-order valence-electron chi connectivity index (χ2n) is 9.82. The first-order chi connectivity index (χ1) is 19.7. The standard InChI is InChI=1S/C25H38N8O8S/c1-12(34)19(26)23(39)31-15(10-14-7-9-33(11-14)25(27)28)22(38)29-8-3-4-17(36)32-20(24(40)41)21(37)16-5-6-18(42-16)30-13(2)35/h5,7,12,15,19-21,34,37H,3-4,6,8-11,26H2,1-2H3,(H3,27,28)(H,29,38)(H,31,39)(H,32,36)(H,40,41). The van der Waals surface area contributed by atoms with Gasteiger partial charge in [0.05, 0.1) is 11.1 Å². The predicted octanol–water partition coefficient (Wildman–Crippen LogP) is -2.50. The van der Waals surface area contributed by atoms with Crippen LogP contribution in [0.15, 0.2) is 27.6 Å². The molecule has 42 heavy (non-hydrogen) atoms. The molecular weight excluding hydrogens is 572 g/mol. The normalized spacial score (nSPS) is 19.2. The zero-order valence-corrected chi connectivity index (χ0v) is 24.1. The van der Waals surface area contributed by atoms with Crippen LogP contribution < -0.4 is 27.4 Å². The van der Waals surface area contributed by atoms with Crippen molar-refractivity contribution >= 4 is 52.4 Å². The van der Waals surface area contributed by atoms with E-state index in [1.54, 1.807) is 11.0 Å². The molecule has 16 nitrogen and oxygen atoms in total. The van der Waals surface area contributed by atoms with E-state index in [-0.39, 0.29) is 43.1 Å². The Morgan fingerprint density at radius 2 is 1.86 bits per heavy atom. The summed E-state index contributed by atoms with van der Waals surface area (Å²) in [6.07, 6.45) is 0.906. The van der Waals surface area contributed by atoms with Gasteiger partial charge in [0.15, 0.2) is 12.0 Å². The zero-order valence-electron chi connectivity index (χ0n) is 23.3. The van der Waals surface area contributed by atoms with Gasteiger partial charge in [-0.05, 0) is 19.8 Å². The molecule has 2 aliphatic heterocycles. The van der Waals surface area contributed by atoms with E-state index in [0.717, 1.165) is 17.3 Å². The van der Waals surface area contributed by atoms with Crippen molar-refractivity contribution in [2.45, 2.75) is 69.9 Å².